The molecule has 2 aliphatic carbocycles. The zero-order valence-electron chi connectivity index (χ0n) is 9.80. The molecule has 2 aliphatic rings. The lowest BCUT2D eigenvalue weighted by atomic mass is 9.76. The summed E-state index contributed by atoms with van der Waals surface area (Å²) in [6, 6.07) is 0. The monoisotopic (exact) mass is 222 g/mol. The zero-order valence-corrected chi connectivity index (χ0v) is 9.80. The highest BCUT2D eigenvalue weighted by molar-refractivity contribution is 5.42. The first-order chi connectivity index (χ1) is 7.62. The molecule has 0 aliphatic heterocycles. The molecule has 0 atom stereocenters. The highest BCUT2D eigenvalue weighted by Gasteiger charge is 2.33. The third-order valence-corrected chi connectivity index (χ3v) is 3.60. The largest absolute Gasteiger partial charge is 0.385 e. The Labute approximate surface area is 96.4 Å². The van der Waals surface area contributed by atoms with Crippen molar-refractivity contribution in [3.63, 3.8) is 0 Å². The quantitative estimate of drug-likeness (QED) is 0.715. The van der Waals surface area contributed by atoms with E-state index in [0.29, 0.717) is 6.42 Å². The molecule has 0 spiro atoms. The number of aliphatic hydroxyl groups is 1. The fraction of sp³-hybridized carbons (Fsp3) is 0.571. The van der Waals surface area contributed by atoms with Crippen molar-refractivity contribution in [2.75, 3.05) is 0 Å². The molecule has 16 heavy (non-hydrogen) atoms. The maximum atomic E-state index is 13.2. The lowest BCUT2D eigenvalue weighted by Gasteiger charge is -2.35. The van der Waals surface area contributed by atoms with Gasteiger partial charge in [-0.3, -0.25) is 0 Å². The van der Waals surface area contributed by atoms with Crippen LogP contribution in [0.1, 0.15) is 45.4 Å². The van der Waals surface area contributed by atoms with E-state index in [0.717, 1.165) is 36.8 Å². The van der Waals surface area contributed by atoms with Crippen LogP contribution in [0, 0.1) is 0 Å². The molecular formula is C14H19FO. The van der Waals surface area contributed by atoms with Crippen LogP contribution in [0.5, 0.6) is 0 Å². The second kappa shape index (κ2) is 4.54. The van der Waals surface area contributed by atoms with E-state index < -0.39 is 5.60 Å². The molecule has 88 valence electrons. The average Bonchev–Trinajstić information content (AvgIpc) is 2.40. The van der Waals surface area contributed by atoms with E-state index in [1.54, 1.807) is 6.08 Å². The van der Waals surface area contributed by atoms with Crippen LogP contribution < -0.4 is 0 Å². The molecule has 0 aromatic carbocycles. The Balaban J connectivity index is 2.26. The number of rotatable bonds is 1. The summed E-state index contributed by atoms with van der Waals surface area (Å²) in [5, 5.41) is 10.6. The van der Waals surface area contributed by atoms with E-state index in [1.807, 2.05) is 13.0 Å². The number of hydrogen-bond donors (Lipinski definition) is 1. The molecule has 1 N–H and O–H groups in total. The van der Waals surface area contributed by atoms with Gasteiger partial charge in [0.15, 0.2) is 0 Å². The van der Waals surface area contributed by atoms with Gasteiger partial charge in [-0.2, -0.15) is 0 Å². The van der Waals surface area contributed by atoms with Crippen LogP contribution in [0.4, 0.5) is 4.39 Å². The van der Waals surface area contributed by atoms with Gasteiger partial charge in [0, 0.05) is 0 Å². The number of allylic oxidation sites excluding steroid dienone is 4. The SMILES string of the molecule is CC1=CC(F)=CCC=C1C1(O)CCCCC1. The second-order valence-corrected chi connectivity index (χ2v) is 4.86. The first-order valence-corrected chi connectivity index (χ1v) is 6.09. The van der Waals surface area contributed by atoms with E-state index in [9.17, 15) is 9.50 Å². The van der Waals surface area contributed by atoms with Gasteiger partial charge >= 0.3 is 0 Å². The summed E-state index contributed by atoms with van der Waals surface area (Å²) in [4.78, 5) is 0. The molecule has 0 unspecified atom stereocenters. The molecule has 0 radical (unpaired) electrons. The van der Waals surface area contributed by atoms with Crippen LogP contribution in [0.15, 0.2) is 35.2 Å². The van der Waals surface area contributed by atoms with Crippen molar-refractivity contribution >= 4 is 0 Å². The Kier molecular flexibility index (Phi) is 3.29. The van der Waals surface area contributed by atoms with Crippen LogP contribution in [0.3, 0.4) is 0 Å². The van der Waals surface area contributed by atoms with Crippen LogP contribution in [-0.4, -0.2) is 10.7 Å². The standard InChI is InChI=1S/C14H19FO/c1-11-10-12(15)6-5-7-13(11)14(16)8-3-2-4-9-14/h6-7,10,16H,2-5,8-9H2,1H3. The third kappa shape index (κ3) is 2.27. The van der Waals surface area contributed by atoms with E-state index in [1.165, 1.54) is 12.5 Å². The van der Waals surface area contributed by atoms with Crippen molar-refractivity contribution < 1.29 is 9.50 Å². The van der Waals surface area contributed by atoms with E-state index in [2.05, 4.69) is 0 Å². The zero-order chi connectivity index (χ0) is 11.6. The molecule has 0 saturated heterocycles. The fourth-order valence-electron chi connectivity index (χ4n) is 2.76. The lowest BCUT2D eigenvalue weighted by molar-refractivity contribution is 0.0415. The predicted octanol–water partition coefficient (Wildman–Crippen LogP) is 3.81. The Morgan fingerprint density at radius 2 is 1.88 bits per heavy atom. The summed E-state index contributed by atoms with van der Waals surface area (Å²) < 4.78 is 13.2. The second-order valence-electron chi connectivity index (χ2n) is 4.86. The molecule has 0 aromatic rings. The van der Waals surface area contributed by atoms with Crippen LogP contribution in [0.2, 0.25) is 0 Å². The maximum absolute atomic E-state index is 13.2. The Morgan fingerprint density at radius 3 is 2.56 bits per heavy atom. The lowest BCUT2D eigenvalue weighted by Crippen LogP contribution is -2.34. The molecule has 0 bridgehead atoms. The van der Waals surface area contributed by atoms with Gasteiger partial charge in [0.05, 0.1) is 5.60 Å². The summed E-state index contributed by atoms with van der Waals surface area (Å²) in [6.07, 6.45) is 10.6. The van der Waals surface area contributed by atoms with Gasteiger partial charge in [-0.1, -0.05) is 25.3 Å². The molecule has 2 heteroatoms. The van der Waals surface area contributed by atoms with E-state index in [4.69, 9.17) is 0 Å². The summed E-state index contributed by atoms with van der Waals surface area (Å²) in [5.41, 5.74) is 1.10. The third-order valence-electron chi connectivity index (χ3n) is 3.60. The van der Waals surface area contributed by atoms with Crippen LogP contribution in [-0.2, 0) is 0 Å². The molecule has 0 aromatic heterocycles. The number of halogens is 1. The topological polar surface area (TPSA) is 20.2 Å². The number of hydrogen-bond acceptors (Lipinski definition) is 1. The fourth-order valence-corrected chi connectivity index (χ4v) is 2.76. The van der Waals surface area contributed by atoms with Crippen molar-refractivity contribution in [3.05, 3.63) is 35.2 Å². The van der Waals surface area contributed by atoms with Crippen molar-refractivity contribution in [2.24, 2.45) is 0 Å². The molecule has 1 fully saturated rings. The maximum Gasteiger partial charge on any atom is 0.119 e. The predicted molar refractivity (Wildman–Crippen MR) is 63.7 cm³/mol. The van der Waals surface area contributed by atoms with Gasteiger partial charge < -0.3 is 5.11 Å². The Bertz CT molecular complexity index is 357. The van der Waals surface area contributed by atoms with Gasteiger partial charge in [0.2, 0.25) is 0 Å². The molecule has 2 rings (SSSR count). The first kappa shape index (κ1) is 11.6. The summed E-state index contributed by atoms with van der Waals surface area (Å²) in [6.45, 7) is 1.89. The molecule has 1 saturated carbocycles. The van der Waals surface area contributed by atoms with Crippen molar-refractivity contribution in [2.45, 2.75) is 51.0 Å². The smallest absolute Gasteiger partial charge is 0.119 e. The van der Waals surface area contributed by atoms with Crippen LogP contribution in [0.25, 0.3) is 0 Å². The van der Waals surface area contributed by atoms with Crippen LogP contribution >= 0.6 is 0 Å². The Morgan fingerprint density at radius 1 is 1.19 bits per heavy atom. The van der Waals surface area contributed by atoms with Gasteiger partial charge in [0.1, 0.15) is 5.83 Å². The normalized spacial score (nSPS) is 25.3. The summed E-state index contributed by atoms with van der Waals surface area (Å²) >= 11 is 0. The van der Waals surface area contributed by atoms with E-state index in [-0.39, 0.29) is 5.83 Å². The molecule has 0 amide bonds. The Hall–Kier alpha value is -0.890. The first-order valence-electron chi connectivity index (χ1n) is 6.09. The van der Waals surface area contributed by atoms with Gasteiger partial charge in [-0.05, 0) is 49.5 Å². The minimum atomic E-state index is -0.711. The highest BCUT2D eigenvalue weighted by atomic mass is 19.1. The van der Waals surface area contributed by atoms with Crippen molar-refractivity contribution in [1.82, 2.24) is 0 Å². The molecule has 1 nitrogen and oxygen atoms in total. The van der Waals surface area contributed by atoms with Crippen molar-refractivity contribution in [3.8, 4) is 0 Å². The summed E-state index contributed by atoms with van der Waals surface area (Å²) in [7, 11) is 0. The molecular weight excluding hydrogens is 203 g/mol. The minimum absolute atomic E-state index is 0.192. The highest BCUT2D eigenvalue weighted by Crippen LogP contribution is 2.38. The van der Waals surface area contributed by atoms with E-state index >= 15 is 0 Å². The molecule has 0 heterocycles. The average molecular weight is 222 g/mol. The van der Waals surface area contributed by atoms with Gasteiger partial charge in [0.25, 0.3) is 0 Å². The minimum Gasteiger partial charge on any atom is -0.385 e. The summed E-state index contributed by atoms with van der Waals surface area (Å²) in [5.74, 6) is -0.192. The van der Waals surface area contributed by atoms with Crippen molar-refractivity contribution in [1.29, 1.82) is 0 Å². The van der Waals surface area contributed by atoms with Gasteiger partial charge in [-0.25, -0.2) is 4.39 Å². The van der Waals surface area contributed by atoms with Gasteiger partial charge in [-0.15, -0.1) is 0 Å².